The van der Waals surface area contributed by atoms with Crippen LogP contribution < -0.4 is 10.1 Å². The van der Waals surface area contributed by atoms with Gasteiger partial charge in [-0.2, -0.15) is 0 Å². The highest BCUT2D eigenvalue weighted by molar-refractivity contribution is 7.22. The number of benzene rings is 2. The molecule has 34 heavy (non-hydrogen) atoms. The van der Waals surface area contributed by atoms with Crippen LogP contribution in [0.3, 0.4) is 0 Å². The van der Waals surface area contributed by atoms with Gasteiger partial charge in [0.05, 0.1) is 29.3 Å². The van der Waals surface area contributed by atoms with E-state index in [-0.39, 0.29) is 5.91 Å². The van der Waals surface area contributed by atoms with E-state index in [1.807, 2.05) is 67.6 Å². The number of anilines is 1. The number of nitrogens with one attached hydrogen (secondary N) is 1. The number of para-hydroxylation sites is 1. The van der Waals surface area contributed by atoms with E-state index in [0.29, 0.717) is 27.0 Å². The first-order valence-corrected chi connectivity index (χ1v) is 11.6. The number of ether oxygens (including phenoxy) is 1. The standard InChI is InChI=1S/C26H19ClN4O2S/c1-15-11-19(18-5-3-4-6-23(18)33-2)20(13-28-15)25(32)31-26-30-22-14-29-21(12-24(22)34-26)16-7-9-17(27)10-8-16/h3-14H,1-2H3,(H,30,31,32). The molecule has 2 aromatic carbocycles. The van der Waals surface area contributed by atoms with Gasteiger partial charge in [0.2, 0.25) is 0 Å². The van der Waals surface area contributed by atoms with E-state index in [4.69, 9.17) is 16.3 Å². The van der Waals surface area contributed by atoms with Crippen molar-refractivity contribution in [2.75, 3.05) is 12.4 Å². The van der Waals surface area contributed by atoms with Crippen LogP contribution in [-0.4, -0.2) is 28.0 Å². The average Bonchev–Trinajstić information content (AvgIpc) is 3.25. The highest BCUT2D eigenvalue weighted by Gasteiger charge is 2.18. The minimum Gasteiger partial charge on any atom is -0.496 e. The lowest BCUT2D eigenvalue weighted by atomic mass is 9.99. The Morgan fingerprint density at radius 3 is 2.59 bits per heavy atom. The highest BCUT2D eigenvalue weighted by Crippen LogP contribution is 2.34. The van der Waals surface area contributed by atoms with Gasteiger partial charge in [0.15, 0.2) is 5.13 Å². The summed E-state index contributed by atoms with van der Waals surface area (Å²) >= 11 is 7.38. The molecule has 0 saturated carbocycles. The first-order valence-electron chi connectivity index (χ1n) is 10.5. The molecule has 0 atom stereocenters. The number of hydrogen-bond acceptors (Lipinski definition) is 6. The highest BCUT2D eigenvalue weighted by atomic mass is 35.5. The number of methoxy groups -OCH3 is 1. The Morgan fingerprint density at radius 2 is 1.79 bits per heavy atom. The minimum absolute atomic E-state index is 0.293. The van der Waals surface area contributed by atoms with Crippen LogP contribution in [-0.2, 0) is 0 Å². The number of aryl methyl sites for hydroxylation is 1. The van der Waals surface area contributed by atoms with Crippen LogP contribution in [0, 0.1) is 6.92 Å². The molecule has 0 aliphatic rings. The monoisotopic (exact) mass is 486 g/mol. The molecule has 0 radical (unpaired) electrons. The Labute approximate surface area is 205 Å². The van der Waals surface area contributed by atoms with Crippen molar-refractivity contribution >= 4 is 44.2 Å². The topological polar surface area (TPSA) is 77.0 Å². The summed E-state index contributed by atoms with van der Waals surface area (Å²) in [6.07, 6.45) is 3.29. The average molecular weight is 487 g/mol. The van der Waals surface area contributed by atoms with E-state index >= 15 is 0 Å². The lowest BCUT2D eigenvalue weighted by Crippen LogP contribution is -2.14. The van der Waals surface area contributed by atoms with Crippen molar-refractivity contribution in [2.45, 2.75) is 6.92 Å². The normalized spacial score (nSPS) is 10.9. The van der Waals surface area contributed by atoms with Crippen molar-refractivity contribution in [1.29, 1.82) is 0 Å². The Balaban J connectivity index is 1.47. The molecule has 5 rings (SSSR count). The number of halogens is 1. The summed E-state index contributed by atoms with van der Waals surface area (Å²) in [5, 5.41) is 4.08. The van der Waals surface area contributed by atoms with E-state index < -0.39 is 0 Å². The molecular weight excluding hydrogens is 468 g/mol. The molecule has 0 saturated heterocycles. The van der Waals surface area contributed by atoms with Crippen LogP contribution in [0.2, 0.25) is 5.02 Å². The molecule has 0 spiro atoms. The number of hydrogen-bond donors (Lipinski definition) is 1. The molecule has 5 aromatic rings. The molecule has 168 valence electrons. The maximum Gasteiger partial charge on any atom is 0.259 e. The molecular formula is C26H19ClN4O2S. The van der Waals surface area contributed by atoms with Gasteiger partial charge in [-0.15, -0.1) is 0 Å². The van der Waals surface area contributed by atoms with Crippen LogP contribution >= 0.6 is 22.9 Å². The van der Waals surface area contributed by atoms with Crippen LogP contribution in [0.25, 0.3) is 32.6 Å². The van der Waals surface area contributed by atoms with Crippen molar-refractivity contribution in [2.24, 2.45) is 0 Å². The van der Waals surface area contributed by atoms with Crippen molar-refractivity contribution in [3.05, 3.63) is 89.3 Å². The van der Waals surface area contributed by atoms with E-state index in [1.165, 1.54) is 11.3 Å². The lowest BCUT2D eigenvalue weighted by Gasteiger charge is -2.13. The summed E-state index contributed by atoms with van der Waals surface area (Å²) in [6, 6.07) is 18.9. The number of rotatable bonds is 5. The fourth-order valence-corrected chi connectivity index (χ4v) is 4.65. The second-order valence-corrected chi connectivity index (χ2v) is 9.06. The maximum atomic E-state index is 13.3. The van der Waals surface area contributed by atoms with Gasteiger partial charge in [0, 0.05) is 33.6 Å². The van der Waals surface area contributed by atoms with Crippen molar-refractivity contribution in [1.82, 2.24) is 15.0 Å². The third kappa shape index (κ3) is 4.35. The third-order valence-electron chi connectivity index (χ3n) is 5.32. The summed E-state index contributed by atoms with van der Waals surface area (Å²) in [4.78, 5) is 26.6. The van der Waals surface area contributed by atoms with E-state index in [2.05, 4.69) is 20.3 Å². The van der Waals surface area contributed by atoms with E-state index in [0.717, 1.165) is 32.8 Å². The van der Waals surface area contributed by atoms with Crippen LogP contribution in [0.1, 0.15) is 16.1 Å². The first kappa shape index (κ1) is 22.0. The van der Waals surface area contributed by atoms with Gasteiger partial charge in [-0.25, -0.2) is 4.98 Å². The van der Waals surface area contributed by atoms with Gasteiger partial charge < -0.3 is 4.74 Å². The molecule has 8 heteroatoms. The van der Waals surface area contributed by atoms with Gasteiger partial charge >= 0.3 is 0 Å². The molecule has 3 heterocycles. The summed E-state index contributed by atoms with van der Waals surface area (Å²) < 4.78 is 6.43. The first-order chi connectivity index (χ1) is 16.5. The zero-order valence-electron chi connectivity index (χ0n) is 18.4. The number of thiazole rings is 1. The maximum absolute atomic E-state index is 13.3. The van der Waals surface area contributed by atoms with Gasteiger partial charge in [0.25, 0.3) is 5.91 Å². The zero-order valence-corrected chi connectivity index (χ0v) is 19.9. The number of nitrogens with zero attached hydrogens (tertiary/aromatic N) is 3. The van der Waals surface area contributed by atoms with Crippen molar-refractivity contribution in [3.8, 4) is 28.1 Å². The van der Waals surface area contributed by atoms with Gasteiger partial charge in [0.1, 0.15) is 11.3 Å². The molecule has 0 fully saturated rings. The van der Waals surface area contributed by atoms with Crippen LogP contribution in [0.5, 0.6) is 5.75 Å². The Kier molecular flexibility index (Phi) is 5.96. The van der Waals surface area contributed by atoms with Crippen molar-refractivity contribution in [3.63, 3.8) is 0 Å². The second-order valence-electron chi connectivity index (χ2n) is 7.59. The van der Waals surface area contributed by atoms with E-state index in [1.54, 1.807) is 19.5 Å². The van der Waals surface area contributed by atoms with Crippen LogP contribution in [0.15, 0.2) is 73.1 Å². The fraction of sp³-hybridized carbons (Fsp3) is 0.0769. The van der Waals surface area contributed by atoms with Gasteiger partial charge in [-0.1, -0.05) is 53.3 Å². The van der Waals surface area contributed by atoms with Crippen LogP contribution in [0.4, 0.5) is 5.13 Å². The zero-order chi connectivity index (χ0) is 23.7. The number of fused-ring (bicyclic) bond motifs is 1. The van der Waals surface area contributed by atoms with Gasteiger partial charge in [-0.05, 0) is 37.3 Å². The number of aromatic nitrogens is 3. The Hall–Kier alpha value is -3.81. The number of carbonyl (C=O) groups is 1. The molecule has 3 aromatic heterocycles. The number of pyridine rings is 2. The summed E-state index contributed by atoms with van der Waals surface area (Å²) in [6.45, 7) is 1.89. The molecule has 0 bridgehead atoms. The summed E-state index contributed by atoms with van der Waals surface area (Å²) in [7, 11) is 1.61. The summed E-state index contributed by atoms with van der Waals surface area (Å²) in [5.41, 5.74) is 5.29. The van der Waals surface area contributed by atoms with Gasteiger partial charge in [-0.3, -0.25) is 20.1 Å². The molecule has 0 aliphatic carbocycles. The number of amides is 1. The smallest absolute Gasteiger partial charge is 0.259 e. The minimum atomic E-state index is -0.293. The predicted molar refractivity (Wildman–Crippen MR) is 137 cm³/mol. The fourth-order valence-electron chi connectivity index (χ4n) is 3.66. The predicted octanol–water partition coefficient (Wildman–Crippen LogP) is 6.64. The molecule has 1 amide bonds. The Bertz CT molecular complexity index is 1520. The molecule has 0 unspecified atom stereocenters. The molecule has 1 N–H and O–H groups in total. The lowest BCUT2D eigenvalue weighted by molar-refractivity contribution is 0.102. The Morgan fingerprint density at radius 1 is 1.00 bits per heavy atom. The molecule has 0 aliphatic heterocycles. The third-order valence-corrected chi connectivity index (χ3v) is 6.50. The quantitative estimate of drug-likeness (QED) is 0.301. The second kappa shape index (κ2) is 9.21. The van der Waals surface area contributed by atoms with E-state index in [9.17, 15) is 4.79 Å². The number of carbonyl (C=O) groups excluding carboxylic acids is 1. The largest absolute Gasteiger partial charge is 0.496 e. The van der Waals surface area contributed by atoms with Crippen molar-refractivity contribution < 1.29 is 9.53 Å². The molecule has 6 nitrogen and oxygen atoms in total. The summed E-state index contributed by atoms with van der Waals surface area (Å²) in [5.74, 6) is 0.390. The SMILES string of the molecule is COc1ccccc1-c1cc(C)ncc1C(=O)Nc1nc2cnc(-c3ccc(Cl)cc3)cc2s1.